The van der Waals surface area contributed by atoms with E-state index in [2.05, 4.69) is 4.72 Å². The van der Waals surface area contributed by atoms with Crippen LogP contribution >= 0.6 is 0 Å². The lowest BCUT2D eigenvalue weighted by Crippen LogP contribution is -2.43. The molecule has 1 aliphatic carbocycles. The summed E-state index contributed by atoms with van der Waals surface area (Å²) >= 11 is 0. The third-order valence-electron chi connectivity index (χ3n) is 3.37. The highest BCUT2D eigenvalue weighted by Crippen LogP contribution is 2.49. The number of rotatable bonds is 9. The molecule has 7 heteroatoms. The maximum Gasteiger partial charge on any atom is 0.321 e. The fourth-order valence-electron chi connectivity index (χ4n) is 2.02. The lowest BCUT2D eigenvalue weighted by atomic mass is 10.1. The fourth-order valence-corrected chi connectivity index (χ4v) is 3.95. The minimum Gasteiger partial charge on any atom is -0.480 e. The largest absolute Gasteiger partial charge is 0.480 e. The molecule has 1 atom stereocenters. The van der Waals surface area contributed by atoms with Gasteiger partial charge in [0.25, 0.3) is 0 Å². The van der Waals surface area contributed by atoms with Crippen LogP contribution in [0.2, 0.25) is 0 Å². The smallest absolute Gasteiger partial charge is 0.321 e. The SMILES string of the molecule is CCCC[C@H](NS(=O)(=O)CC1(CC#N)CC1)C(=O)O. The highest BCUT2D eigenvalue weighted by molar-refractivity contribution is 7.89. The van der Waals surface area contributed by atoms with E-state index >= 15 is 0 Å². The fraction of sp³-hybridized carbons (Fsp3) is 0.833. The summed E-state index contributed by atoms with van der Waals surface area (Å²) in [5, 5.41) is 17.7. The standard InChI is InChI=1S/C12H20N2O4S/c1-2-3-4-10(11(15)16)14-19(17,18)9-12(5-6-12)7-8-13/h10,14H,2-7,9H2,1H3,(H,15,16)/t10-/m0/s1. The lowest BCUT2D eigenvalue weighted by Gasteiger charge is -2.17. The predicted molar refractivity (Wildman–Crippen MR) is 69.8 cm³/mol. The van der Waals surface area contributed by atoms with Crippen LogP contribution in [0.4, 0.5) is 0 Å². The minimum atomic E-state index is -3.66. The summed E-state index contributed by atoms with van der Waals surface area (Å²) in [6, 6.07) is 0.928. The van der Waals surface area contributed by atoms with Crippen LogP contribution in [0.15, 0.2) is 0 Å². The van der Waals surface area contributed by atoms with Crippen molar-refractivity contribution in [3.05, 3.63) is 0 Å². The molecule has 0 unspecified atom stereocenters. The molecule has 0 spiro atoms. The van der Waals surface area contributed by atoms with E-state index in [1.807, 2.05) is 13.0 Å². The van der Waals surface area contributed by atoms with Gasteiger partial charge in [0, 0.05) is 6.42 Å². The Kier molecular flexibility index (Phi) is 5.32. The van der Waals surface area contributed by atoms with Crippen LogP contribution in [-0.4, -0.2) is 31.3 Å². The molecule has 2 N–H and O–H groups in total. The Balaban J connectivity index is 2.62. The zero-order valence-electron chi connectivity index (χ0n) is 11.1. The van der Waals surface area contributed by atoms with Crippen molar-refractivity contribution in [2.24, 2.45) is 5.41 Å². The number of nitriles is 1. The summed E-state index contributed by atoms with van der Waals surface area (Å²) in [7, 11) is -3.66. The number of hydrogen-bond donors (Lipinski definition) is 2. The van der Waals surface area contributed by atoms with Crippen molar-refractivity contribution >= 4 is 16.0 Å². The van der Waals surface area contributed by atoms with Gasteiger partial charge in [-0.1, -0.05) is 19.8 Å². The van der Waals surface area contributed by atoms with Crippen molar-refractivity contribution in [2.45, 2.75) is 51.5 Å². The van der Waals surface area contributed by atoms with Crippen molar-refractivity contribution in [1.82, 2.24) is 4.72 Å². The van der Waals surface area contributed by atoms with E-state index in [1.54, 1.807) is 0 Å². The van der Waals surface area contributed by atoms with Crippen LogP contribution in [0.1, 0.15) is 45.4 Å². The number of nitrogens with one attached hydrogen (secondary N) is 1. The first-order chi connectivity index (χ1) is 8.84. The zero-order chi connectivity index (χ0) is 14.5. The number of carbonyl (C=O) groups is 1. The van der Waals surface area contributed by atoms with E-state index in [4.69, 9.17) is 10.4 Å². The maximum atomic E-state index is 12.0. The second-order valence-electron chi connectivity index (χ2n) is 5.24. The Hall–Kier alpha value is -1.13. The number of carboxylic acids is 1. The molecule has 1 saturated carbocycles. The van der Waals surface area contributed by atoms with E-state index in [-0.39, 0.29) is 18.6 Å². The number of carboxylic acid groups (broad SMARTS) is 1. The van der Waals surface area contributed by atoms with Crippen LogP contribution in [0.5, 0.6) is 0 Å². The molecule has 1 fully saturated rings. The molecule has 6 nitrogen and oxygen atoms in total. The Labute approximate surface area is 113 Å². The van der Waals surface area contributed by atoms with Gasteiger partial charge in [-0.05, 0) is 24.7 Å². The molecule has 1 rings (SSSR count). The molecule has 1 aliphatic rings. The summed E-state index contributed by atoms with van der Waals surface area (Å²) in [5.41, 5.74) is -0.450. The highest BCUT2D eigenvalue weighted by atomic mass is 32.2. The first kappa shape index (κ1) is 15.9. The highest BCUT2D eigenvalue weighted by Gasteiger charge is 2.46. The van der Waals surface area contributed by atoms with Gasteiger partial charge in [0.2, 0.25) is 10.0 Å². The molecular formula is C12H20N2O4S. The third kappa shape index (κ3) is 5.17. The molecule has 0 heterocycles. The number of sulfonamides is 1. The minimum absolute atomic E-state index is 0.149. The van der Waals surface area contributed by atoms with Gasteiger partial charge in [-0.2, -0.15) is 5.26 Å². The number of unbranched alkanes of at least 4 members (excludes halogenated alkanes) is 1. The summed E-state index contributed by atoms with van der Waals surface area (Å²) in [6.07, 6.45) is 3.39. The van der Waals surface area contributed by atoms with Gasteiger partial charge in [-0.3, -0.25) is 4.79 Å². The molecule has 0 aliphatic heterocycles. The van der Waals surface area contributed by atoms with Crippen LogP contribution in [0.25, 0.3) is 0 Å². The Morgan fingerprint density at radius 1 is 1.53 bits per heavy atom. The van der Waals surface area contributed by atoms with Crippen LogP contribution in [0.3, 0.4) is 0 Å². The first-order valence-corrected chi connectivity index (χ1v) is 8.09. The predicted octanol–water partition coefficient (Wildman–Crippen LogP) is 1.24. The second kappa shape index (κ2) is 6.35. The van der Waals surface area contributed by atoms with Gasteiger partial charge in [0.05, 0.1) is 11.8 Å². The molecule has 0 radical (unpaired) electrons. The average molecular weight is 288 g/mol. The van der Waals surface area contributed by atoms with Crippen molar-refractivity contribution in [3.8, 4) is 6.07 Å². The number of aliphatic carboxylic acids is 1. The molecule has 0 saturated heterocycles. The molecule has 19 heavy (non-hydrogen) atoms. The Bertz CT molecular complexity index is 463. The topological polar surface area (TPSA) is 107 Å². The summed E-state index contributed by atoms with van der Waals surface area (Å²) in [4.78, 5) is 11.0. The molecule has 0 aromatic heterocycles. The zero-order valence-corrected chi connectivity index (χ0v) is 11.9. The molecule has 108 valence electrons. The monoisotopic (exact) mass is 288 g/mol. The van der Waals surface area contributed by atoms with Gasteiger partial charge in [0.15, 0.2) is 0 Å². The molecule has 0 amide bonds. The van der Waals surface area contributed by atoms with Crippen LogP contribution < -0.4 is 4.72 Å². The van der Waals surface area contributed by atoms with Gasteiger partial charge in [-0.15, -0.1) is 0 Å². The van der Waals surface area contributed by atoms with Gasteiger partial charge < -0.3 is 5.11 Å². The van der Waals surface area contributed by atoms with Gasteiger partial charge in [0.1, 0.15) is 6.04 Å². The van der Waals surface area contributed by atoms with Crippen molar-refractivity contribution in [1.29, 1.82) is 5.26 Å². The number of nitrogens with zero attached hydrogens (tertiary/aromatic N) is 1. The molecule has 0 aromatic rings. The quantitative estimate of drug-likeness (QED) is 0.663. The Morgan fingerprint density at radius 3 is 2.58 bits per heavy atom. The van der Waals surface area contributed by atoms with Gasteiger partial charge >= 0.3 is 5.97 Å². The second-order valence-corrected chi connectivity index (χ2v) is 7.00. The summed E-state index contributed by atoms with van der Waals surface area (Å²) in [5.74, 6) is -1.30. The van der Waals surface area contributed by atoms with E-state index < -0.39 is 27.4 Å². The van der Waals surface area contributed by atoms with E-state index in [0.29, 0.717) is 19.3 Å². The maximum absolute atomic E-state index is 12.0. The van der Waals surface area contributed by atoms with E-state index in [0.717, 1.165) is 6.42 Å². The van der Waals surface area contributed by atoms with Crippen molar-refractivity contribution < 1.29 is 18.3 Å². The lowest BCUT2D eigenvalue weighted by molar-refractivity contribution is -0.139. The third-order valence-corrected chi connectivity index (χ3v) is 5.01. The van der Waals surface area contributed by atoms with E-state index in [1.165, 1.54) is 0 Å². The summed E-state index contributed by atoms with van der Waals surface area (Å²) < 4.78 is 26.2. The number of hydrogen-bond acceptors (Lipinski definition) is 4. The normalized spacial score (nSPS) is 18.5. The van der Waals surface area contributed by atoms with Crippen LogP contribution in [0, 0.1) is 16.7 Å². The Morgan fingerprint density at radius 2 is 2.16 bits per heavy atom. The van der Waals surface area contributed by atoms with Gasteiger partial charge in [-0.25, -0.2) is 13.1 Å². The average Bonchev–Trinajstić information content (AvgIpc) is 3.03. The van der Waals surface area contributed by atoms with E-state index in [9.17, 15) is 13.2 Å². The molecular weight excluding hydrogens is 268 g/mol. The van der Waals surface area contributed by atoms with Crippen molar-refractivity contribution in [2.75, 3.05) is 5.75 Å². The molecule has 0 bridgehead atoms. The van der Waals surface area contributed by atoms with Crippen LogP contribution in [-0.2, 0) is 14.8 Å². The first-order valence-electron chi connectivity index (χ1n) is 6.44. The summed E-state index contributed by atoms with van der Waals surface area (Å²) in [6.45, 7) is 1.92. The van der Waals surface area contributed by atoms with Crippen molar-refractivity contribution in [3.63, 3.8) is 0 Å². The molecule has 0 aromatic carbocycles.